The third-order valence-corrected chi connectivity index (χ3v) is 4.83. The summed E-state index contributed by atoms with van der Waals surface area (Å²) in [7, 11) is 1.34. The van der Waals surface area contributed by atoms with E-state index in [2.05, 4.69) is 26.0 Å². The number of aromatic hydroxyl groups is 1. The highest BCUT2D eigenvalue weighted by molar-refractivity contribution is 9.10. The number of H-pyrrole nitrogens is 1. The van der Waals surface area contributed by atoms with Crippen molar-refractivity contribution in [2.24, 2.45) is 12.1 Å². The lowest BCUT2D eigenvalue weighted by Crippen LogP contribution is -2.32. The van der Waals surface area contributed by atoms with Gasteiger partial charge in [-0.1, -0.05) is 35.0 Å². The molecule has 1 aliphatic rings. The molecule has 0 saturated heterocycles. The molecule has 26 heavy (non-hydrogen) atoms. The molecule has 0 fully saturated rings. The average Bonchev–Trinajstić information content (AvgIpc) is 3.04. The van der Waals surface area contributed by atoms with Gasteiger partial charge in [0.15, 0.2) is 0 Å². The molecule has 0 bridgehead atoms. The van der Waals surface area contributed by atoms with Crippen LogP contribution in [0.5, 0.6) is 5.88 Å². The number of hydrazone groups is 1. The highest BCUT2D eigenvalue weighted by Crippen LogP contribution is 2.34. The Bertz CT molecular complexity index is 1010. The van der Waals surface area contributed by atoms with Crippen molar-refractivity contribution in [1.29, 1.82) is 0 Å². The molecule has 1 amide bonds. The van der Waals surface area contributed by atoms with Gasteiger partial charge in [0, 0.05) is 24.4 Å². The van der Waals surface area contributed by atoms with Crippen molar-refractivity contribution in [1.82, 2.24) is 14.6 Å². The van der Waals surface area contributed by atoms with Crippen molar-refractivity contribution in [2.45, 2.75) is 25.8 Å². The van der Waals surface area contributed by atoms with Crippen molar-refractivity contribution >= 4 is 27.5 Å². The number of aromatic amines is 1. The Morgan fingerprint density at radius 2 is 2.00 bits per heavy atom. The Morgan fingerprint density at radius 3 is 2.62 bits per heavy atom. The van der Waals surface area contributed by atoms with Gasteiger partial charge in [-0.15, -0.1) is 0 Å². The van der Waals surface area contributed by atoms with Crippen LogP contribution >= 0.6 is 15.9 Å². The Morgan fingerprint density at radius 1 is 1.35 bits per heavy atom. The summed E-state index contributed by atoms with van der Waals surface area (Å²) in [5, 5.41) is 15.9. The molecule has 3 rings (SSSR count). The van der Waals surface area contributed by atoms with Crippen LogP contribution in [-0.4, -0.2) is 31.3 Å². The zero-order valence-corrected chi connectivity index (χ0v) is 15.8. The third-order valence-electron chi connectivity index (χ3n) is 4.31. The molecular formula is C17H17BrN4O4. The summed E-state index contributed by atoms with van der Waals surface area (Å²) in [6, 6.07) is 7.07. The number of carbonyl (C=O) groups excluding carboxylic acids is 1. The zero-order chi connectivity index (χ0) is 19.0. The third kappa shape index (κ3) is 3.10. The first-order chi connectivity index (χ1) is 12.3. The highest BCUT2D eigenvalue weighted by Gasteiger charge is 2.34. The smallest absolute Gasteiger partial charge is 0.330 e. The Labute approximate surface area is 156 Å². The minimum absolute atomic E-state index is 0.0967. The SMILES string of the molecule is CCC(=O)N1N=C(c2c(O)n(C)c(=O)[nH]c2=O)C[C@H]1c1ccc(Br)cc1. The highest BCUT2D eigenvalue weighted by atomic mass is 79.9. The van der Waals surface area contributed by atoms with Gasteiger partial charge in [0.05, 0.1) is 11.8 Å². The van der Waals surface area contributed by atoms with Crippen molar-refractivity contribution in [2.75, 3.05) is 0 Å². The monoisotopic (exact) mass is 420 g/mol. The number of carbonyl (C=O) groups is 1. The second-order valence-corrected chi connectivity index (χ2v) is 6.84. The number of hydrogen-bond acceptors (Lipinski definition) is 5. The number of halogens is 1. The molecule has 1 aromatic heterocycles. The van der Waals surface area contributed by atoms with Crippen molar-refractivity contribution < 1.29 is 9.90 Å². The number of hydrogen-bond donors (Lipinski definition) is 2. The van der Waals surface area contributed by atoms with Gasteiger partial charge >= 0.3 is 5.69 Å². The second-order valence-electron chi connectivity index (χ2n) is 5.93. The molecule has 2 heterocycles. The zero-order valence-electron chi connectivity index (χ0n) is 14.2. The predicted molar refractivity (Wildman–Crippen MR) is 99.1 cm³/mol. The van der Waals surface area contributed by atoms with Crippen molar-refractivity contribution in [3.8, 4) is 5.88 Å². The molecule has 0 aliphatic carbocycles. The molecule has 0 saturated carbocycles. The number of nitrogens with zero attached hydrogens (tertiary/aromatic N) is 3. The molecule has 0 radical (unpaired) electrons. The number of nitrogens with one attached hydrogen (secondary N) is 1. The van der Waals surface area contributed by atoms with E-state index in [0.29, 0.717) is 0 Å². The second kappa shape index (κ2) is 6.91. The first kappa shape index (κ1) is 18.1. The first-order valence-corrected chi connectivity index (χ1v) is 8.80. The summed E-state index contributed by atoms with van der Waals surface area (Å²) >= 11 is 3.37. The van der Waals surface area contributed by atoms with Crippen LogP contribution in [0.3, 0.4) is 0 Å². The summed E-state index contributed by atoms with van der Waals surface area (Å²) in [4.78, 5) is 38.3. The summed E-state index contributed by atoms with van der Waals surface area (Å²) in [5.74, 6) is -0.675. The summed E-state index contributed by atoms with van der Waals surface area (Å²) in [6.07, 6.45) is 0.502. The molecule has 136 valence electrons. The van der Waals surface area contributed by atoms with Crippen LogP contribution in [0.15, 0.2) is 43.4 Å². The lowest BCUT2D eigenvalue weighted by Gasteiger charge is -2.21. The predicted octanol–water partition coefficient (Wildman–Crippen LogP) is 1.63. The largest absolute Gasteiger partial charge is 0.494 e. The molecule has 1 aliphatic heterocycles. The van der Waals surface area contributed by atoms with Crippen LogP contribution in [0, 0.1) is 0 Å². The summed E-state index contributed by atoms with van der Waals surface area (Å²) < 4.78 is 1.83. The maximum absolute atomic E-state index is 12.3. The van der Waals surface area contributed by atoms with Crippen molar-refractivity contribution in [3.05, 3.63) is 60.7 Å². The molecule has 0 spiro atoms. The van der Waals surface area contributed by atoms with Crippen LogP contribution in [-0.2, 0) is 11.8 Å². The molecule has 2 N–H and O–H groups in total. The molecule has 1 aromatic carbocycles. The Kier molecular flexibility index (Phi) is 4.82. The van der Waals surface area contributed by atoms with E-state index in [1.807, 2.05) is 24.3 Å². The van der Waals surface area contributed by atoms with Gasteiger partial charge in [-0.2, -0.15) is 5.10 Å². The van der Waals surface area contributed by atoms with Gasteiger partial charge in [-0.25, -0.2) is 9.80 Å². The molecule has 1 atom stereocenters. The molecule has 0 unspecified atom stereocenters. The van der Waals surface area contributed by atoms with Gasteiger partial charge < -0.3 is 5.11 Å². The molecule has 8 nitrogen and oxygen atoms in total. The summed E-state index contributed by atoms with van der Waals surface area (Å²) in [5.41, 5.74) is -0.435. The molecule has 9 heteroatoms. The van der Waals surface area contributed by atoms with Crippen LogP contribution in [0.2, 0.25) is 0 Å². The molecule has 2 aromatic rings. The quantitative estimate of drug-likeness (QED) is 0.786. The lowest BCUT2D eigenvalue weighted by molar-refractivity contribution is -0.132. The lowest BCUT2D eigenvalue weighted by atomic mass is 9.99. The van der Waals surface area contributed by atoms with Crippen LogP contribution in [0.4, 0.5) is 0 Å². The fraction of sp³-hybridized carbons (Fsp3) is 0.294. The van der Waals surface area contributed by atoms with Crippen LogP contribution < -0.4 is 11.2 Å². The fourth-order valence-electron chi connectivity index (χ4n) is 2.87. The Hall–Kier alpha value is -2.68. The molecular weight excluding hydrogens is 404 g/mol. The first-order valence-electron chi connectivity index (χ1n) is 8.01. The summed E-state index contributed by atoms with van der Waals surface area (Å²) in [6.45, 7) is 1.73. The standard InChI is InChI=1S/C17H17BrN4O4/c1-3-13(23)22-12(9-4-6-10(18)7-5-9)8-11(20-22)14-15(24)19-17(26)21(2)16(14)25/h4-7,12,25H,3,8H2,1-2H3,(H,19,24,26)/t12-/m0/s1. The average molecular weight is 421 g/mol. The normalized spacial score (nSPS) is 16.7. The van der Waals surface area contributed by atoms with Gasteiger partial charge in [0.2, 0.25) is 11.8 Å². The van der Waals surface area contributed by atoms with E-state index in [4.69, 9.17) is 0 Å². The topological polar surface area (TPSA) is 108 Å². The van der Waals surface area contributed by atoms with E-state index >= 15 is 0 Å². The number of rotatable bonds is 3. The van der Waals surface area contributed by atoms with E-state index in [9.17, 15) is 19.5 Å². The minimum Gasteiger partial charge on any atom is -0.494 e. The van der Waals surface area contributed by atoms with Gasteiger partial charge in [0.25, 0.3) is 5.56 Å². The van der Waals surface area contributed by atoms with E-state index in [1.165, 1.54) is 12.1 Å². The minimum atomic E-state index is -0.732. The van der Waals surface area contributed by atoms with E-state index in [0.717, 1.165) is 14.6 Å². The number of benzene rings is 1. The van der Waals surface area contributed by atoms with Crippen LogP contribution in [0.1, 0.15) is 36.9 Å². The fourth-order valence-corrected chi connectivity index (χ4v) is 3.13. The van der Waals surface area contributed by atoms with Crippen LogP contribution in [0.25, 0.3) is 0 Å². The van der Waals surface area contributed by atoms with Gasteiger partial charge in [0.1, 0.15) is 5.56 Å². The van der Waals surface area contributed by atoms with E-state index in [-0.39, 0.29) is 36.1 Å². The van der Waals surface area contributed by atoms with Crippen molar-refractivity contribution in [3.63, 3.8) is 0 Å². The number of amides is 1. The van der Waals surface area contributed by atoms with Gasteiger partial charge in [-0.3, -0.25) is 19.1 Å². The maximum atomic E-state index is 12.3. The maximum Gasteiger partial charge on any atom is 0.330 e. The van der Waals surface area contributed by atoms with Gasteiger partial charge in [-0.05, 0) is 17.7 Å². The van der Waals surface area contributed by atoms with E-state index < -0.39 is 17.1 Å². The number of aromatic nitrogens is 2. The Balaban J connectivity index is 2.09. The van der Waals surface area contributed by atoms with E-state index in [1.54, 1.807) is 6.92 Å².